The van der Waals surface area contributed by atoms with Crippen molar-refractivity contribution in [2.24, 2.45) is 5.73 Å². The fourth-order valence-corrected chi connectivity index (χ4v) is 4.00. The van der Waals surface area contributed by atoms with Crippen LogP contribution < -0.4 is 5.73 Å². The standard InChI is InChI=1S/C21H45NO3S/c1-2-3-4-5-6-7-8-9-10-11-12-13-14-15-16-17-18-21(22)19-20-26(23,24)25/h21H,2-20,22H2,1H3,(H,23,24,25). The summed E-state index contributed by atoms with van der Waals surface area (Å²) in [5.74, 6) is -0.215. The molecule has 5 heteroatoms. The van der Waals surface area contributed by atoms with E-state index in [2.05, 4.69) is 6.92 Å². The van der Waals surface area contributed by atoms with E-state index in [0.717, 1.165) is 12.8 Å². The maximum atomic E-state index is 10.7. The van der Waals surface area contributed by atoms with Crippen molar-refractivity contribution in [1.29, 1.82) is 0 Å². The summed E-state index contributed by atoms with van der Waals surface area (Å²) < 4.78 is 30.0. The molecule has 1 atom stereocenters. The first-order valence-electron chi connectivity index (χ1n) is 11.2. The van der Waals surface area contributed by atoms with Gasteiger partial charge in [-0.15, -0.1) is 0 Å². The van der Waals surface area contributed by atoms with Crippen LogP contribution in [-0.2, 0) is 10.1 Å². The summed E-state index contributed by atoms with van der Waals surface area (Å²) >= 11 is 0. The first-order chi connectivity index (χ1) is 12.5. The quantitative estimate of drug-likeness (QED) is 0.190. The minimum atomic E-state index is -3.86. The first kappa shape index (κ1) is 25.9. The van der Waals surface area contributed by atoms with Crippen molar-refractivity contribution in [1.82, 2.24) is 0 Å². The Balaban J connectivity index is 3.15. The molecule has 0 aromatic heterocycles. The van der Waals surface area contributed by atoms with Crippen molar-refractivity contribution in [3.63, 3.8) is 0 Å². The van der Waals surface area contributed by atoms with Gasteiger partial charge in [0.2, 0.25) is 0 Å². The van der Waals surface area contributed by atoms with Crippen LogP contribution in [0.15, 0.2) is 0 Å². The van der Waals surface area contributed by atoms with Crippen LogP contribution in [0.2, 0.25) is 0 Å². The first-order valence-corrected chi connectivity index (χ1v) is 12.8. The van der Waals surface area contributed by atoms with Gasteiger partial charge in [0.15, 0.2) is 0 Å². The lowest BCUT2D eigenvalue weighted by molar-refractivity contribution is 0.470. The second kappa shape index (κ2) is 18.2. The van der Waals surface area contributed by atoms with Crippen molar-refractivity contribution < 1.29 is 13.0 Å². The van der Waals surface area contributed by atoms with E-state index < -0.39 is 10.1 Å². The maximum Gasteiger partial charge on any atom is 0.264 e. The topological polar surface area (TPSA) is 80.4 Å². The largest absolute Gasteiger partial charge is 0.328 e. The van der Waals surface area contributed by atoms with Crippen LogP contribution >= 0.6 is 0 Å². The molecule has 4 nitrogen and oxygen atoms in total. The molecule has 0 aliphatic rings. The third-order valence-electron chi connectivity index (χ3n) is 5.18. The van der Waals surface area contributed by atoms with Gasteiger partial charge in [0, 0.05) is 6.04 Å². The molecular formula is C21H45NO3S. The second-order valence-electron chi connectivity index (χ2n) is 7.93. The summed E-state index contributed by atoms with van der Waals surface area (Å²) in [6.45, 7) is 2.27. The van der Waals surface area contributed by atoms with Gasteiger partial charge in [-0.25, -0.2) is 0 Å². The van der Waals surface area contributed by atoms with Gasteiger partial charge in [0.1, 0.15) is 0 Å². The molecule has 0 bridgehead atoms. The second-order valence-corrected chi connectivity index (χ2v) is 9.50. The predicted octanol–water partition coefficient (Wildman–Crippen LogP) is 6.24. The van der Waals surface area contributed by atoms with Gasteiger partial charge < -0.3 is 5.73 Å². The van der Waals surface area contributed by atoms with Crippen LogP contribution in [0.3, 0.4) is 0 Å². The molecule has 158 valence electrons. The van der Waals surface area contributed by atoms with Gasteiger partial charge in [-0.3, -0.25) is 4.55 Å². The highest BCUT2D eigenvalue weighted by molar-refractivity contribution is 7.85. The molecule has 0 fully saturated rings. The summed E-state index contributed by atoms with van der Waals surface area (Å²) in [5.41, 5.74) is 5.87. The molecule has 0 spiro atoms. The average Bonchev–Trinajstić information content (AvgIpc) is 2.59. The zero-order chi connectivity index (χ0) is 19.5. The minimum absolute atomic E-state index is 0.108. The maximum absolute atomic E-state index is 10.7. The van der Waals surface area contributed by atoms with Crippen LogP contribution in [0.25, 0.3) is 0 Å². The highest BCUT2D eigenvalue weighted by Gasteiger charge is 2.09. The Morgan fingerprint density at radius 1 is 0.654 bits per heavy atom. The molecule has 0 aliphatic carbocycles. The van der Waals surface area contributed by atoms with E-state index in [1.54, 1.807) is 0 Å². The number of hydrogen-bond acceptors (Lipinski definition) is 3. The molecule has 0 rings (SSSR count). The van der Waals surface area contributed by atoms with Crippen LogP contribution in [-0.4, -0.2) is 24.8 Å². The Labute approximate surface area is 163 Å². The van der Waals surface area contributed by atoms with E-state index in [4.69, 9.17) is 10.3 Å². The third kappa shape index (κ3) is 21.9. The van der Waals surface area contributed by atoms with Gasteiger partial charge >= 0.3 is 0 Å². The van der Waals surface area contributed by atoms with E-state index in [1.165, 1.54) is 96.3 Å². The summed E-state index contributed by atoms with van der Waals surface area (Å²) in [4.78, 5) is 0. The third-order valence-corrected chi connectivity index (χ3v) is 5.93. The zero-order valence-corrected chi connectivity index (χ0v) is 18.1. The molecule has 0 amide bonds. The zero-order valence-electron chi connectivity index (χ0n) is 17.3. The van der Waals surface area contributed by atoms with E-state index in [9.17, 15) is 8.42 Å². The van der Waals surface area contributed by atoms with Crippen molar-refractivity contribution in [2.75, 3.05) is 5.75 Å². The molecule has 26 heavy (non-hydrogen) atoms. The lowest BCUT2D eigenvalue weighted by Gasteiger charge is -2.10. The molecule has 0 aliphatic heterocycles. The average molecular weight is 392 g/mol. The van der Waals surface area contributed by atoms with Gasteiger partial charge in [-0.05, 0) is 12.8 Å². The van der Waals surface area contributed by atoms with Crippen LogP contribution in [0.5, 0.6) is 0 Å². The van der Waals surface area contributed by atoms with Crippen molar-refractivity contribution >= 4 is 10.1 Å². The van der Waals surface area contributed by atoms with E-state index >= 15 is 0 Å². The number of unbranched alkanes of at least 4 members (excludes halogenated alkanes) is 15. The monoisotopic (exact) mass is 391 g/mol. The molecule has 3 N–H and O–H groups in total. The Morgan fingerprint density at radius 2 is 1.00 bits per heavy atom. The Kier molecular flexibility index (Phi) is 18.2. The highest BCUT2D eigenvalue weighted by Crippen LogP contribution is 2.14. The fraction of sp³-hybridized carbons (Fsp3) is 1.00. The Bertz CT molecular complexity index is 385. The normalized spacial score (nSPS) is 13.2. The van der Waals surface area contributed by atoms with E-state index in [-0.39, 0.29) is 11.8 Å². The smallest absolute Gasteiger partial charge is 0.264 e. The molecule has 0 radical (unpaired) electrons. The Morgan fingerprint density at radius 3 is 1.35 bits per heavy atom. The number of hydrogen-bond donors (Lipinski definition) is 2. The van der Waals surface area contributed by atoms with Crippen LogP contribution in [0, 0.1) is 0 Å². The summed E-state index contributed by atoms with van der Waals surface area (Å²) in [5, 5.41) is 0. The van der Waals surface area contributed by atoms with E-state index in [0.29, 0.717) is 6.42 Å². The van der Waals surface area contributed by atoms with Crippen LogP contribution in [0.4, 0.5) is 0 Å². The summed E-state index contributed by atoms with van der Waals surface area (Å²) in [7, 11) is -3.86. The van der Waals surface area contributed by atoms with Crippen molar-refractivity contribution in [2.45, 2.75) is 129 Å². The van der Waals surface area contributed by atoms with Crippen LogP contribution in [0.1, 0.15) is 122 Å². The molecular weight excluding hydrogens is 346 g/mol. The molecule has 1 unspecified atom stereocenters. The molecule has 0 heterocycles. The van der Waals surface area contributed by atoms with Gasteiger partial charge in [-0.1, -0.05) is 110 Å². The van der Waals surface area contributed by atoms with Gasteiger partial charge in [0.25, 0.3) is 10.1 Å². The minimum Gasteiger partial charge on any atom is -0.328 e. The fourth-order valence-electron chi connectivity index (χ4n) is 3.40. The molecule has 0 saturated carbocycles. The lowest BCUT2D eigenvalue weighted by atomic mass is 10.0. The lowest BCUT2D eigenvalue weighted by Crippen LogP contribution is -2.23. The highest BCUT2D eigenvalue weighted by atomic mass is 32.2. The summed E-state index contributed by atoms with van der Waals surface area (Å²) in [6.07, 6.45) is 22.8. The number of rotatable bonds is 20. The van der Waals surface area contributed by atoms with E-state index in [1.807, 2.05) is 0 Å². The van der Waals surface area contributed by atoms with Gasteiger partial charge in [-0.2, -0.15) is 8.42 Å². The van der Waals surface area contributed by atoms with Crippen molar-refractivity contribution in [3.05, 3.63) is 0 Å². The van der Waals surface area contributed by atoms with Gasteiger partial charge in [0.05, 0.1) is 5.75 Å². The van der Waals surface area contributed by atoms with Crippen molar-refractivity contribution in [3.8, 4) is 0 Å². The number of nitrogens with two attached hydrogens (primary N) is 1. The molecule has 0 saturated heterocycles. The Hall–Kier alpha value is -0.130. The predicted molar refractivity (Wildman–Crippen MR) is 113 cm³/mol. The molecule has 0 aromatic carbocycles. The molecule has 0 aromatic rings. The SMILES string of the molecule is CCCCCCCCCCCCCCCCCCC(N)CCS(=O)(=O)O. The summed E-state index contributed by atoms with van der Waals surface area (Å²) in [6, 6.07) is -0.108.